The highest BCUT2D eigenvalue weighted by Gasteiger charge is 2.33. The number of methoxy groups -OCH3 is 1. The lowest BCUT2D eigenvalue weighted by Gasteiger charge is -2.28. The maximum Gasteiger partial charge on any atom is 0.162 e. The molecule has 0 spiro atoms. The molecular weight excluding hydrogens is 180 g/mol. The monoisotopic (exact) mass is 198 g/mol. The third-order valence-electron chi connectivity index (χ3n) is 2.73. The van der Waals surface area contributed by atoms with Crippen LogP contribution in [0.4, 0.5) is 0 Å². The first kappa shape index (κ1) is 11.0. The number of ether oxygens (including phenoxy) is 1. The molecule has 4 heteroatoms. The van der Waals surface area contributed by atoms with E-state index in [0.29, 0.717) is 5.75 Å². The zero-order valence-electron chi connectivity index (χ0n) is 9.40. The van der Waals surface area contributed by atoms with E-state index >= 15 is 0 Å². The maximum absolute atomic E-state index is 10.3. The molecule has 0 aliphatic carbocycles. The van der Waals surface area contributed by atoms with Crippen LogP contribution < -0.4 is 4.74 Å². The van der Waals surface area contributed by atoms with Gasteiger partial charge in [-0.1, -0.05) is 13.8 Å². The van der Waals surface area contributed by atoms with Crippen molar-refractivity contribution < 1.29 is 9.84 Å². The number of aliphatic hydroxyl groups is 1. The number of aryl methyl sites for hydroxylation is 1. The van der Waals surface area contributed by atoms with E-state index in [1.165, 1.54) is 0 Å². The Hall–Kier alpha value is -1.03. The second kappa shape index (κ2) is 3.61. The lowest BCUT2D eigenvalue weighted by atomic mass is 9.89. The first-order chi connectivity index (χ1) is 6.41. The molecule has 80 valence electrons. The van der Waals surface area contributed by atoms with Gasteiger partial charge in [-0.05, 0) is 12.8 Å². The smallest absolute Gasteiger partial charge is 0.162 e. The Morgan fingerprint density at radius 2 is 2.14 bits per heavy atom. The lowest BCUT2D eigenvalue weighted by molar-refractivity contribution is -0.000678. The minimum Gasteiger partial charge on any atom is -0.493 e. The summed E-state index contributed by atoms with van der Waals surface area (Å²) in [4.78, 5) is 0. The van der Waals surface area contributed by atoms with Gasteiger partial charge in [-0.2, -0.15) is 5.10 Å². The largest absolute Gasteiger partial charge is 0.493 e. The van der Waals surface area contributed by atoms with Crippen LogP contribution in [0.25, 0.3) is 0 Å². The van der Waals surface area contributed by atoms with Crippen molar-refractivity contribution in [1.82, 2.24) is 9.78 Å². The summed E-state index contributed by atoms with van der Waals surface area (Å²) in [6, 6.07) is 0. The highest BCUT2D eigenvalue weighted by Crippen LogP contribution is 2.34. The van der Waals surface area contributed by atoms with Crippen molar-refractivity contribution in [2.75, 3.05) is 7.11 Å². The van der Waals surface area contributed by atoms with Crippen LogP contribution in [0, 0.1) is 5.92 Å². The fourth-order valence-electron chi connectivity index (χ4n) is 1.42. The SMILES string of the molecule is COc1cnn(C)c1C(C)(O)C(C)C. The molecule has 1 rings (SSSR count). The summed E-state index contributed by atoms with van der Waals surface area (Å²) in [6.07, 6.45) is 1.62. The van der Waals surface area contributed by atoms with Crippen molar-refractivity contribution in [2.45, 2.75) is 26.4 Å². The van der Waals surface area contributed by atoms with E-state index in [9.17, 15) is 5.11 Å². The van der Waals surface area contributed by atoms with Crippen molar-refractivity contribution in [3.05, 3.63) is 11.9 Å². The molecular formula is C10H18N2O2. The van der Waals surface area contributed by atoms with Crippen molar-refractivity contribution >= 4 is 0 Å². The van der Waals surface area contributed by atoms with Gasteiger partial charge in [0.15, 0.2) is 5.75 Å². The van der Waals surface area contributed by atoms with Crippen LogP contribution in [0.2, 0.25) is 0 Å². The van der Waals surface area contributed by atoms with Gasteiger partial charge in [0.1, 0.15) is 11.3 Å². The second-order valence-electron chi connectivity index (χ2n) is 3.99. The standard InChI is InChI=1S/C10H18N2O2/c1-7(2)10(3,13)9-8(14-5)6-11-12(9)4/h6-7,13H,1-5H3. The zero-order valence-corrected chi connectivity index (χ0v) is 9.40. The van der Waals surface area contributed by atoms with Gasteiger partial charge in [-0.15, -0.1) is 0 Å². The molecule has 14 heavy (non-hydrogen) atoms. The number of rotatable bonds is 3. The predicted molar refractivity (Wildman–Crippen MR) is 54.2 cm³/mol. The fourth-order valence-corrected chi connectivity index (χ4v) is 1.42. The topological polar surface area (TPSA) is 47.3 Å². The molecule has 4 nitrogen and oxygen atoms in total. The van der Waals surface area contributed by atoms with Gasteiger partial charge in [0.25, 0.3) is 0 Å². The summed E-state index contributed by atoms with van der Waals surface area (Å²) in [5.41, 5.74) is -0.202. The first-order valence-electron chi connectivity index (χ1n) is 4.70. The summed E-state index contributed by atoms with van der Waals surface area (Å²) in [6.45, 7) is 5.70. The molecule has 0 fully saturated rings. The molecule has 1 heterocycles. The molecule has 1 aromatic rings. The van der Waals surface area contributed by atoms with Crippen molar-refractivity contribution in [2.24, 2.45) is 13.0 Å². The Labute approximate surface area is 84.5 Å². The van der Waals surface area contributed by atoms with Gasteiger partial charge in [-0.3, -0.25) is 4.68 Å². The molecule has 0 saturated heterocycles. The Morgan fingerprint density at radius 1 is 1.57 bits per heavy atom. The van der Waals surface area contributed by atoms with Gasteiger partial charge >= 0.3 is 0 Å². The van der Waals surface area contributed by atoms with Crippen LogP contribution in [0.5, 0.6) is 5.75 Å². The van der Waals surface area contributed by atoms with E-state index in [4.69, 9.17) is 4.74 Å². The van der Waals surface area contributed by atoms with E-state index in [-0.39, 0.29) is 5.92 Å². The van der Waals surface area contributed by atoms with Crippen LogP contribution >= 0.6 is 0 Å². The highest BCUT2D eigenvalue weighted by molar-refractivity contribution is 5.30. The molecule has 0 saturated carbocycles. The third-order valence-corrected chi connectivity index (χ3v) is 2.73. The van der Waals surface area contributed by atoms with Gasteiger partial charge in [-0.25, -0.2) is 0 Å². The summed E-state index contributed by atoms with van der Waals surface area (Å²) in [7, 11) is 3.38. The number of nitrogens with zero attached hydrogens (tertiary/aromatic N) is 2. The van der Waals surface area contributed by atoms with E-state index < -0.39 is 5.60 Å². The highest BCUT2D eigenvalue weighted by atomic mass is 16.5. The first-order valence-corrected chi connectivity index (χ1v) is 4.70. The molecule has 1 unspecified atom stereocenters. The van der Waals surface area contributed by atoms with Crippen LogP contribution in [0.1, 0.15) is 26.5 Å². The average Bonchev–Trinajstić information content (AvgIpc) is 2.46. The summed E-state index contributed by atoms with van der Waals surface area (Å²) < 4.78 is 6.81. The Balaban J connectivity index is 3.22. The minimum atomic E-state index is -0.920. The van der Waals surface area contributed by atoms with Crippen molar-refractivity contribution in [1.29, 1.82) is 0 Å². The molecule has 0 aliphatic heterocycles. The predicted octanol–water partition coefficient (Wildman–Crippen LogP) is 1.29. The van der Waals surface area contributed by atoms with Crippen LogP contribution in [0.3, 0.4) is 0 Å². The Morgan fingerprint density at radius 3 is 2.57 bits per heavy atom. The van der Waals surface area contributed by atoms with Crippen LogP contribution in [-0.2, 0) is 12.6 Å². The van der Waals surface area contributed by atoms with Crippen molar-refractivity contribution in [3.63, 3.8) is 0 Å². The lowest BCUT2D eigenvalue weighted by Crippen LogP contribution is -2.31. The van der Waals surface area contributed by atoms with Crippen LogP contribution in [0.15, 0.2) is 6.20 Å². The fraction of sp³-hybridized carbons (Fsp3) is 0.700. The number of aromatic nitrogens is 2. The molecule has 0 bridgehead atoms. The van der Waals surface area contributed by atoms with E-state index in [2.05, 4.69) is 5.10 Å². The molecule has 1 aromatic heterocycles. The van der Waals surface area contributed by atoms with E-state index in [1.54, 1.807) is 32.0 Å². The van der Waals surface area contributed by atoms with Gasteiger partial charge in [0.2, 0.25) is 0 Å². The molecule has 0 radical (unpaired) electrons. The normalized spacial score (nSPS) is 15.6. The third kappa shape index (κ3) is 1.62. The number of hydrogen-bond donors (Lipinski definition) is 1. The van der Waals surface area contributed by atoms with E-state index in [0.717, 1.165) is 5.69 Å². The summed E-state index contributed by atoms with van der Waals surface area (Å²) in [5, 5.41) is 14.4. The molecule has 1 N–H and O–H groups in total. The van der Waals surface area contributed by atoms with E-state index in [1.807, 2.05) is 13.8 Å². The molecule has 0 aromatic carbocycles. The Bertz CT molecular complexity index is 316. The molecule has 0 amide bonds. The maximum atomic E-state index is 10.3. The second-order valence-corrected chi connectivity index (χ2v) is 3.99. The summed E-state index contributed by atoms with van der Waals surface area (Å²) in [5.74, 6) is 0.734. The zero-order chi connectivity index (χ0) is 10.9. The average molecular weight is 198 g/mol. The molecule has 0 aliphatic rings. The van der Waals surface area contributed by atoms with Crippen molar-refractivity contribution in [3.8, 4) is 5.75 Å². The van der Waals surface area contributed by atoms with Gasteiger partial charge < -0.3 is 9.84 Å². The quantitative estimate of drug-likeness (QED) is 0.796. The minimum absolute atomic E-state index is 0.104. The Kier molecular flexibility index (Phi) is 2.85. The summed E-state index contributed by atoms with van der Waals surface area (Å²) >= 11 is 0. The van der Waals surface area contributed by atoms with Gasteiger partial charge in [0.05, 0.1) is 13.3 Å². The molecule has 1 atom stereocenters. The van der Waals surface area contributed by atoms with Crippen LogP contribution in [-0.4, -0.2) is 22.0 Å². The van der Waals surface area contributed by atoms with Gasteiger partial charge in [0, 0.05) is 7.05 Å². The number of hydrogen-bond acceptors (Lipinski definition) is 3.